The van der Waals surface area contributed by atoms with Crippen LogP contribution in [0.25, 0.3) is 0 Å². The van der Waals surface area contributed by atoms with Crippen LogP contribution in [0.4, 0.5) is 11.5 Å². The number of hydrogen-bond acceptors (Lipinski definition) is 3. The molecule has 3 heteroatoms. The third-order valence-electron chi connectivity index (χ3n) is 2.90. The number of benzene rings is 1. The van der Waals surface area contributed by atoms with Crippen molar-refractivity contribution in [2.45, 2.75) is 6.92 Å². The average molecular weight is 226 g/mol. The highest BCUT2D eigenvalue weighted by atomic mass is 16.5. The SMILES string of the molecule is Cc1ccc(N2CCOc3ccccc32)nc1. The van der Waals surface area contributed by atoms with Crippen LogP contribution in [-0.4, -0.2) is 18.1 Å². The van der Waals surface area contributed by atoms with Gasteiger partial charge in [0.15, 0.2) is 0 Å². The lowest BCUT2D eigenvalue weighted by molar-refractivity contribution is 0.313. The second kappa shape index (κ2) is 4.09. The minimum atomic E-state index is 0.701. The molecular weight excluding hydrogens is 212 g/mol. The maximum atomic E-state index is 5.63. The summed E-state index contributed by atoms with van der Waals surface area (Å²) in [5.41, 5.74) is 2.27. The average Bonchev–Trinajstić information content (AvgIpc) is 2.39. The first-order valence-electron chi connectivity index (χ1n) is 5.76. The molecule has 3 nitrogen and oxygen atoms in total. The normalized spacial score (nSPS) is 14.1. The molecule has 0 bridgehead atoms. The molecule has 2 aromatic rings. The Kier molecular flexibility index (Phi) is 2.44. The molecule has 2 heterocycles. The quantitative estimate of drug-likeness (QED) is 0.747. The van der Waals surface area contributed by atoms with Gasteiger partial charge in [-0.2, -0.15) is 0 Å². The second-order valence-electron chi connectivity index (χ2n) is 4.16. The summed E-state index contributed by atoms with van der Waals surface area (Å²) in [6.07, 6.45) is 1.90. The molecule has 3 rings (SSSR count). The van der Waals surface area contributed by atoms with Crippen LogP contribution in [0.5, 0.6) is 5.75 Å². The van der Waals surface area contributed by atoms with E-state index >= 15 is 0 Å². The fraction of sp³-hybridized carbons (Fsp3) is 0.214. The van der Waals surface area contributed by atoms with E-state index in [1.807, 2.05) is 31.3 Å². The molecule has 0 unspecified atom stereocenters. The highest BCUT2D eigenvalue weighted by Crippen LogP contribution is 2.35. The molecule has 1 aromatic heterocycles. The lowest BCUT2D eigenvalue weighted by Crippen LogP contribution is -2.29. The largest absolute Gasteiger partial charge is 0.490 e. The van der Waals surface area contributed by atoms with E-state index in [1.165, 1.54) is 5.56 Å². The van der Waals surface area contributed by atoms with E-state index in [2.05, 4.69) is 28.1 Å². The lowest BCUT2D eigenvalue weighted by Gasteiger charge is -2.30. The summed E-state index contributed by atoms with van der Waals surface area (Å²) in [7, 11) is 0. The molecule has 1 aliphatic heterocycles. The Hall–Kier alpha value is -2.03. The van der Waals surface area contributed by atoms with Crippen LogP contribution in [0.2, 0.25) is 0 Å². The summed E-state index contributed by atoms with van der Waals surface area (Å²) >= 11 is 0. The van der Waals surface area contributed by atoms with Gasteiger partial charge in [-0.05, 0) is 30.7 Å². The first-order valence-corrected chi connectivity index (χ1v) is 5.76. The molecule has 86 valence electrons. The number of ether oxygens (including phenoxy) is 1. The van der Waals surface area contributed by atoms with Crippen LogP contribution in [0.3, 0.4) is 0 Å². The van der Waals surface area contributed by atoms with Gasteiger partial charge < -0.3 is 9.64 Å². The minimum Gasteiger partial charge on any atom is -0.490 e. The van der Waals surface area contributed by atoms with Crippen molar-refractivity contribution < 1.29 is 4.74 Å². The van der Waals surface area contributed by atoms with E-state index in [9.17, 15) is 0 Å². The molecule has 0 radical (unpaired) electrons. The Morgan fingerprint density at radius 2 is 2.06 bits per heavy atom. The van der Waals surface area contributed by atoms with Gasteiger partial charge in [-0.3, -0.25) is 0 Å². The van der Waals surface area contributed by atoms with E-state index in [0.717, 1.165) is 23.8 Å². The van der Waals surface area contributed by atoms with E-state index < -0.39 is 0 Å². The van der Waals surface area contributed by atoms with Crippen molar-refractivity contribution in [2.24, 2.45) is 0 Å². The molecule has 0 saturated carbocycles. The molecule has 1 aliphatic rings. The van der Waals surface area contributed by atoms with E-state index in [0.29, 0.717) is 6.61 Å². The van der Waals surface area contributed by atoms with Crippen LogP contribution >= 0.6 is 0 Å². The molecule has 17 heavy (non-hydrogen) atoms. The van der Waals surface area contributed by atoms with Gasteiger partial charge in [-0.25, -0.2) is 4.98 Å². The number of pyridine rings is 1. The molecule has 0 amide bonds. The summed E-state index contributed by atoms with van der Waals surface area (Å²) in [6.45, 7) is 3.59. The van der Waals surface area contributed by atoms with Crippen molar-refractivity contribution in [3.05, 3.63) is 48.2 Å². The Morgan fingerprint density at radius 1 is 1.18 bits per heavy atom. The van der Waals surface area contributed by atoms with Gasteiger partial charge in [0.1, 0.15) is 18.2 Å². The number of fused-ring (bicyclic) bond motifs is 1. The van der Waals surface area contributed by atoms with Crippen molar-refractivity contribution in [1.82, 2.24) is 4.98 Å². The Labute approximate surface area is 101 Å². The zero-order valence-electron chi connectivity index (χ0n) is 9.76. The smallest absolute Gasteiger partial charge is 0.143 e. The zero-order chi connectivity index (χ0) is 11.7. The predicted molar refractivity (Wildman–Crippen MR) is 67.9 cm³/mol. The number of para-hydroxylation sites is 2. The molecule has 1 aromatic carbocycles. The van der Waals surface area contributed by atoms with Gasteiger partial charge in [0.2, 0.25) is 0 Å². The Bertz CT molecular complexity index is 522. The Morgan fingerprint density at radius 3 is 2.88 bits per heavy atom. The van der Waals surface area contributed by atoms with Crippen LogP contribution < -0.4 is 9.64 Å². The van der Waals surface area contributed by atoms with Gasteiger partial charge >= 0.3 is 0 Å². The predicted octanol–water partition coefficient (Wildman–Crippen LogP) is 2.92. The fourth-order valence-corrected chi connectivity index (χ4v) is 2.03. The fourth-order valence-electron chi connectivity index (χ4n) is 2.03. The standard InChI is InChI=1S/C14H14N2O/c1-11-6-7-14(15-10-11)16-8-9-17-13-5-3-2-4-12(13)16/h2-7,10H,8-9H2,1H3. The summed E-state index contributed by atoms with van der Waals surface area (Å²) in [4.78, 5) is 6.66. The monoisotopic (exact) mass is 226 g/mol. The number of nitrogens with zero attached hydrogens (tertiary/aromatic N) is 2. The number of anilines is 2. The van der Waals surface area contributed by atoms with Gasteiger partial charge in [-0.1, -0.05) is 18.2 Å². The zero-order valence-corrected chi connectivity index (χ0v) is 9.76. The Balaban J connectivity index is 2.03. The van der Waals surface area contributed by atoms with Gasteiger partial charge in [0.25, 0.3) is 0 Å². The first kappa shape index (κ1) is 10.1. The molecular formula is C14H14N2O. The summed E-state index contributed by atoms with van der Waals surface area (Å²) < 4.78 is 5.63. The summed E-state index contributed by atoms with van der Waals surface area (Å²) in [6, 6.07) is 12.2. The number of rotatable bonds is 1. The van der Waals surface area contributed by atoms with E-state index in [4.69, 9.17) is 4.74 Å². The first-order chi connectivity index (χ1) is 8.34. The van der Waals surface area contributed by atoms with Gasteiger partial charge in [-0.15, -0.1) is 0 Å². The maximum Gasteiger partial charge on any atom is 0.143 e. The van der Waals surface area contributed by atoms with Crippen LogP contribution in [0.1, 0.15) is 5.56 Å². The van der Waals surface area contributed by atoms with Crippen LogP contribution in [-0.2, 0) is 0 Å². The summed E-state index contributed by atoms with van der Waals surface area (Å²) in [5, 5.41) is 0. The minimum absolute atomic E-state index is 0.701. The number of aromatic nitrogens is 1. The van der Waals surface area contributed by atoms with Crippen molar-refractivity contribution in [2.75, 3.05) is 18.1 Å². The molecule has 0 atom stereocenters. The topological polar surface area (TPSA) is 25.4 Å². The third kappa shape index (κ3) is 1.84. The molecule has 0 spiro atoms. The van der Waals surface area contributed by atoms with Crippen molar-refractivity contribution in [3.8, 4) is 5.75 Å². The molecule has 0 N–H and O–H groups in total. The highest BCUT2D eigenvalue weighted by Gasteiger charge is 2.19. The van der Waals surface area contributed by atoms with Crippen LogP contribution in [0, 0.1) is 6.92 Å². The van der Waals surface area contributed by atoms with Crippen molar-refractivity contribution in [1.29, 1.82) is 0 Å². The van der Waals surface area contributed by atoms with E-state index in [1.54, 1.807) is 0 Å². The van der Waals surface area contributed by atoms with Gasteiger partial charge in [0.05, 0.1) is 12.2 Å². The van der Waals surface area contributed by atoms with Crippen LogP contribution in [0.15, 0.2) is 42.6 Å². The maximum absolute atomic E-state index is 5.63. The second-order valence-corrected chi connectivity index (χ2v) is 4.16. The number of aryl methyl sites for hydroxylation is 1. The van der Waals surface area contributed by atoms with Gasteiger partial charge in [0, 0.05) is 6.20 Å². The van der Waals surface area contributed by atoms with Crippen molar-refractivity contribution >= 4 is 11.5 Å². The number of hydrogen-bond donors (Lipinski definition) is 0. The highest BCUT2D eigenvalue weighted by molar-refractivity contribution is 5.68. The lowest BCUT2D eigenvalue weighted by atomic mass is 10.2. The van der Waals surface area contributed by atoms with Crippen molar-refractivity contribution in [3.63, 3.8) is 0 Å². The molecule has 0 saturated heterocycles. The third-order valence-corrected chi connectivity index (χ3v) is 2.90. The van der Waals surface area contributed by atoms with E-state index in [-0.39, 0.29) is 0 Å². The summed E-state index contributed by atoms with van der Waals surface area (Å²) in [5.74, 6) is 1.91. The molecule has 0 fully saturated rings. The molecule has 0 aliphatic carbocycles.